The molecule has 1 aliphatic heterocycles. The molecule has 0 unspecified atom stereocenters. The molecule has 3 aromatic rings. The molecule has 180 valence electrons. The second kappa shape index (κ2) is 9.09. The van der Waals surface area contributed by atoms with E-state index in [2.05, 4.69) is 9.97 Å². The largest absolute Gasteiger partial charge is 0.449 e. The predicted molar refractivity (Wildman–Crippen MR) is 108 cm³/mol. The zero-order valence-electron chi connectivity index (χ0n) is 17.6. The predicted octanol–water partition coefficient (Wildman–Crippen LogP) is 3.68. The van der Waals surface area contributed by atoms with Gasteiger partial charge in [-0.05, 0) is 30.2 Å². The Bertz CT molecular complexity index is 1210. The second-order valence-electron chi connectivity index (χ2n) is 7.96. The van der Waals surface area contributed by atoms with Crippen LogP contribution in [-0.4, -0.2) is 37.9 Å². The van der Waals surface area contributed by atoms with Crippen LogP contribution in [0.1, 0.15) is 23.5 Å². The van der Waals surface area contributed by atoms with Crippen molar-refractivity contribution in [3.05, 3.63) is 71.2 Å². The van der Waals surface area contributed by atoms with Crippen molar-refractivity contribution in [2.24, 2.45) is 5.73 Å². The van der Waals surface area contributed by atoms with Crippen molar-refractivity contribution in [3.8, 4) is 11.3 Å². The van der Waals surface area contributed by atoms with E-state index in [-0.39, 0.29) is 49.4 Å². The van der Waals surface area contributed by atoms with E-state index in [4.69, 9.17) is 5.73 Å². The van der Waals surface area contributed by atoms with Crippen molar-refractivity contribution >= 4 is 5.91 Å². The van der Waals surface area contributed by atoms with Crippen molar-refractivity contribution < 1.29 is 31.1 Å². The standard InChI is InChI=1S/C22H19F6N5O/c23-15-9-17(25)16(24)7-13(15)6-14(29)8-19(34)32-4-5-33-18(11-32)20(12-2-1-3-30-10-12)31-21(33)22(26,27)28/h1-3,7,9-10,14H,4-6,8,11,29H2/t14-/m1/s1. The molecule has 12 heteroatoms. The minimum atomic E-state index is -4.68. The molecular weight excluding hydrogens is 464 g/mol. The van der Waals surface area contributed by atoms with Crippen LogP contribution in [0.25, 0.3) is 11.3 Å². The number of nitrogens with zero attached hydrogens (tertiary/aromatic N) is 4. The summed E-state index contributed by atoms with van der Waals surface area (Å²) < 4.78 is 82.1. The molecular formula is C22H19F6N5O. The number of imidazole rings is 1. The lowest BCUT2D eigenvalue weighted by atomic mass is 10.0. The maximum absolute atomic E-state index is 13.9. The number of aromatic nitrogens is 3. The van der Waals surface area contributed by atoms with Crippen LogP contribution in [-0.2, 0) is 30.5 Å². The Balaban J connectivity index is 1.53. The van der Waals surface area contributed by atoms with Crippen LogP contribution in [0.2, 0.25) is 0 Å². The molecule has 1 aromatic carbocycles. The first-order valence-corrected chi connectivity index (χ1v) is 10.3. The summed E-state index contributed by atoms with van der Waals surface area (Å²) in [6, 6.07) is 3.32. The summed E-state index contributed by atoms with van der Waals surface area (Å²) >= 11 is 0. The number of rotatable bonds is 5. The number of hydrogen-bond donors (Lipinski definition) is 1. The van der Waals surface area contributed by atoms with Crippen molar-refractivity contribution in [2.75, 3.05) is 6.54 Å². The van der Waals surface area contributed by atoms with E-state index in [9.17, 15) is 31.1 Å². The molecule has 0 radical (unpaired) electrons. The fourth-order valence-corrected chi connectivity index (χ4v) is 3.96. The van der Waals surface area contributed by atoms with Gasteiger partial charge in [0.05, 0.1) is 17.9 Å². The maximum Gasteiger partial charge on any atom is 0.449 e. The number of fused-ring (bicyclic) bond motifs is 1. The Labute approximate surface area is 190 Å². The second-order valence-corrected chi connectivity index (χ2v) is 7.96. The monoisotopic (exact) mass is 483 g/mol. The smallest absolute Gasteiger partial charge is 0.335 e. The number of pyridine rings is 1. The summed E-state index contributed by atoms with van der Waals surface area (Å²) in [7, 11) is 0. The summed E-state index contributed by atoms with van der Waals surface area (Å²) in [5.74, 6) is -5.07. The first-order chi connectivity index (χ1) is 16.0. The average molecular weight is 483 g/mol. The molecule has 1 aliphatic rings. The molecule has 0 saturated heterocycles. The molecule has 3 heterocycles. The Morgan fingerprint density at radius 2 is 1.85 bits per heavy atom. The number of hydrogen-bond acceptors (Lipinski definition) is 4. The van der Waals surface area contributed by atoms with E-state index in [0.29, 0.717) is 17.7 Å². The third kappa shape index (κ3) is 4.76. The lowest BCUT2D eigenvalue weighted by Crippen LogP contribution is -2.42. The number of carbonyl (C=O) groups is 1. The molecule has 6 nitrogen and oxygen atoms in total. The van der Waals surface area contributed by atoms with Gasteiger partial charge in [0.25, 0.3) is 0 Å². The quantitative estimate of drug-likeness (QED) is 0.444. The Morgan fingerprint density at radius 3 is 2.53 bits per heavy atom. The number of halogens is 6. The summed E-state index contributed by atoms with van der Waals surface area (Å²) in [5.41, 5.74) is 6.43. The van der Waals surface area contributed by atoms with E-state index in [1.165, 1.54) is 17.3 Å². The van der Waals surface area contributed by atoms with Crippen LogP contribution in [0.4, 0.5) is 26.3 Å². The first kappa shape index (κ1) is 23.7. The third-order valence-electron chi connectivity index (χ3n) is 5.56. The SMILES string of the molecule is N[C@@H](CC(=O)N1CCn2c(C(F)(F)F)nc(-c3cccnc3)c2C1)Cc1cc(F)c(F)cc1F. The number of amides is 1. The van der Waals surface area contributed by atoms with Gasteiger partial charge in [0, 0.05) is 49.6 Å². The highest BCUT2D eigenvalue weighted by molar-refractivity contribution is 5.77. The van der Waals surface area contributed by atoms with Crippen LogP contribution >= 0.6 is 0 Å². The Hall–Kier alpha value is -3.41. The fourth-order valence-electron chi connectivity index (χ4n) is 3.96. The molecule has 34 heavy (non-hydrogen) atoms. The molecule has 0 saturated carbocycles. The topological polar surface area (TPSA) is 77.0 Å². The Morgan fingerprint density at radius 1 is 1.12 bits per heavy atom. The summed E-state index contributed by atoms with van der Waals surface area (Å²) in [5, 5.41) is 0. The van der Waals surface area contributed by atoms with Crippen molar-refractivity contribution in [1.29, 1.82) is 0 Å². The average Bonchev–Trinajstić information content (AvgIpc) is 3.17. The third-order valence-corrected chi connectivity index (χ3v) is 5.56. The molecule has 4 rings (SSSR count). The molecule has 2 N–H and O–H groups in total. The first-order valence-electron chi connectivity index (χ1n) is 10.3. The number of carbonyl (C=O) groups excluding carboxylic acids is 1. The van der Waals surface area contributed by atoms with Gasteiger partial charge in [-0.1, -0.05) is 0 Å². The molecule has 1 atom stereocenters. The van der Waals surface area contributed by atoms with Gasteiger partial charge in [0.1, 0.15) is 5.82 Å². The normalized spacial score (nSPS) is 14.7. The van der Waals surface area contributed by atoms with Gasteiger partial charge in [-0.2, -0.15) is 13.2 Å². The molecule has 2 aromatic heterocycles. The number of benzene rings is 1. The summed E-state index contributed by atoms with van der Waals surface area (Å²) in [6.45, 7) is -0.279. The lowest BCUT2D eigenvalue weighted by molar-refractivity contribution is -0.148. The van der Waals surface area contributed by atoms with Crippen LogP contribution in [0.5, 0.6) is 0 Å². The molecule has 0 aliphatic carbocycles. The van der Waals surface area contributed by atoms with Crippen molar-refractivity contribution in [2.45, 2.75) is 38.1 Å². The van der Waals surface area contributed by atoms with Crippen LogP contribution in [0.15, 0.2) is 36.7 Å². The Kier molecular flexibility index (Phi) is 6.34. The van der Waals surface area contributed by atoms with Crippen LogP contribution < -0.4 is 5.73 Å². The minimum Gasteiger partial charge on any atom is -0.335 e. The summed E-state index contributed by atoms with van der Waals surface area (Å²) in [4.78, 5) is 21.9. The highest BCUT2D eigenvalue weighted by Crippen LogP contribution is 2.35. The van der Waals surface area contributed by atoms with E-state index in [1.807, 2.05) is 0 Å². The van der Waals surface area contributed by atoms with E-state index < -0.39 is 41.4 Å². The highest BCUT2D eigenvalue weighted by Gasteiger charge is 2.40. The van der Waals surface area contributed by atoms with E-state index >= 15 is 0 Å². The summed E-state index contributed by atoms with van der Waals surface area (Å²) in [6.07, 6.45) is -2.31. The van der Waals surface area contributed by atoms with E-state index in [1.54, 1.807) is 12.1 Å². The number of nitrogens with two attached hydrogens (primary N) is 1. The fraction of sp³-hybridized carbons (Fsp3) is 0.318. The number of alkyl halides is 3. The maximum atomic E-state index is 13.9. The molecule has 0 fully saturated rings. The zero-order chi connectivity index (χ0) is 24.6. The van der Waals surface area contributed by atoms with Gasteiger partial charge < -0.3 is 15.2 Å². The van der Waals surface area contributed by atoms with Gasteiger partial charge >= 0.3 is 6.18 Å². The van der Waals surface area contributed by atoms with Crippen LogP contribution in [0.3, 0.4) is 0 Å². The highest BCUT2D eigenvalue weighted by atomic mass is 19.4. The molecule has 0 spiro atoms. The van der Waals surface area contributed by atoms with Gasteiger partial charge in [0.15, 0.2) is 11.6 Å². The van der Waals surface area contributed by atoms with Gasteiger partial charge in [-0.15, -0.1) is 0 Å². The molecule has 1 amide bonds. The van der Waals surface area contributed by atoms with Gasteiger partial charge in [-0.25, -0.2) is 18.2 Å². The van der Waals surface area contributed by atoms with Crippen molar-refractivity contribution in [3.63, 3.8) is 0 Å². The van der Waals surface area contributed by atoms with E-state index in [0.717, 1.165) is 4.57 Å². The zero-order valence-corrected chi connectivity index (χ0v) is 17.6. The van der Waals surface area contributed by atoms with Gasteiger partial charge in [-0.3, -0.25) is 9.78 Å². The minimum absolute atomic E-state index is 0.00991. The van der Waals surface area contributed by atoms with Crippen LogP contribution in [0, 0.1) is 17.5 Å². The van der Waals surface area contributed by atoms with Crippen molar-refractivity contribution in [1.82, 2.24) is 19.4 Å². The lowest BCUT2D eigenvalue weighted by Gasteiger charge is -2.30. The molecule has 0 bridgehead atoms. The van der Waals surface area contributed by atoms with Gasteiger partial charge in [0.2, 0.25) is 11.7 Å².